The number of carbonyl (C=O) groups is 1. The van der Waals surface area contributed by atoms with Gasteiger partial charge in [0.05, 0.1) is 39.9 Å². The van der Waals surface area contributed by atoms with Gasteiger partial charge in [-0.2, -0.15) is 0 Å². The number of amides is 1. The predicted octanol–water partition coefficient (Wildman–Crippen LogP) is 11.7. The summed E-state index contributed by atoms with van der Waals surface area (Å²) in [5.74, 6) is -0.199. The number of likely N-dealkylation sites (N-methyl/N-ethyl adjacent to an activating group) is 1. The normalized spacial score (nSPS) is 14.9. The molecular weight excluding hydrogens is 683 g/mol. The van der Waals surface area contributed by atoms with Gasteiger partial charge in [0.2, 0.25) is 5.91 Å². The van der Waals surface area contributed by atoms with Gasteiger partial charge in [-0.05, 0) is 64.2 Å². The van der Waals surface area contributed by atoms with Gasteiger partial charge in [0, 0.05) is 6.42 Å². The Balaban J connectivity index is 4.40. The Kier molecular flexibility index (Phi) is 35.1. The molecule has 9 heteroatoms. The van der Waals surface area contributed by atoms with Crippen LogP contribution in [0.15, 0.2) is 48.6 Å². The molecular formula is C44H84N2O6P+. The highest BCUT2D eigenvalue weighted by atomic mass is 31.2. The SMILES string of the molecule is CCC/C=C/CC/C=C/CC/C=C/C(O)C(COP(=O)(O)OCC[N+](C)(C)C)NC(=O)CCCCCCCCC/C=C\CCCCCCCCCCC. The predicted molar refractivity (Wildman–Crippen MR) is 226 cm³/mol. The fourth-order valence-electron chi connectivity index (χ4n) is 5.78. The number of rotatable bonds is 38. The van der Waals surface area contributed by atoms with Crippen LogP contribution in [0.4, 0.5) is 0 Å². The molecule has 0 radical (unpaired) electrons. The summed E-state index contributed by atoms with van der Waals surface area (Å²) in [4.78, 5) is 23.0. The number of nitrogens with one attached hydrogen (secondary N) is 1. The van der Waals surface area contributed by atoms with Crippen LogP contribution in [0.5, 0.6) is 0 Å². The minimum atomic E-state index is -4.34. The summed E-state index contributed by atoms with van der Waals surface area (Å²) in [6, 6.07) is -0.870. The number of unbranched alkanes of at least 4 members (excludes halogenated alkanes) is 19. The maximum absolute atomic E-state index is 12.8. The Labute approximate surface area is 327 Å². The molecule has 0 aliphatic carbocycles. The first-order valence-corrected chi connectivity index (χ1v) is 23.0. The molecule has 0 saturated heterocycles. The number of nitrogens with zero attached hydrogens (tertiary/aromatic N) is 1. The van der Waals surface area contributed by atoms with Gasteiger partial charge >= 0.3 is 7.82 Å². The average molecular weight is 768 g/mol. The van der Waals surface area contributed by atoms with Gasteiger partial charge in [-0.1, -0.05) is 152 Å². The summed E-state index contributed by atoms with van der Waals surface area (Å²) in [7, 11) is 1.54. The summed E-state index contributed by atoms with van der Waals surface area (Å²) in [6.45, 7) is 4.69. The molecule has 0 aromatic heterocycles. The van der Waals surface area contributed by atoms with Crippen LogP contribution in [0.1, 0.15) is 174 Å². The Hall–Kier alpha value is -1.54. The number of hydrogen-bond acceptors (Lipinski definition) is 5. The van der Waals surface area contributed by atoms with E-state index < -0.39 is 20.0 Å². The number of phosphoric ester groups is 1. The van der Waals surface area contributed by atoms with Crippen LogP contribution in [-0.2, 0) is 18.4 Å². The monoisotopic (exact) mass is 768 g/mol. The molecule has 53 heavy (non-hydrogen) atoms. The van der Waals surface area contributed by atoms with E-state index in [1.165, 1.54) is 103 Å². The molecule has 0 bridgehead atoms. The van der Waals surface area contributed by atoms with E-state index >= 15 is 0 Å². The number of quaternary nitrogens is 1. The second-order valence-electron chi connectivity index (χ2n) is 15.7. The standard InChI is InChI=1S/C44H83N2O6P/c1-6-8-10-12-14-16-18-19-20-21-22-23-24-25-26-28-30-32-34-36-38-44(48)45-42(41-52-53(49,50)51-40-39-46(3,4)5)43(47)37-35-33-31-29-27-17-15-13-11-9-7-2/h11,13,22-23,27,29,35,37,42-43,47H,6-10,12,14-21,24-26,28,30-34,36,38-41H2,1-5H3,(H-,45,48,49,50)/p+1/b13-11+,23-22-,29-27+,37-35+. The lowest BCUT2D eigenvalue weighted by atomic mass is 10.1. The van der Waals surface area contributed by atoms with Crippen LogP contribution in [0, 0.1) is 0 Å². The van der Waals surface area contributed by atoms with Crippen molar-refractivity contribution in [3.05, 3.63) is 48.6 Å². The molecule has 3 N–H and O–H groups in total. The molecule has 0 rings (SSSR count). The molecule has 310 valence electrons. The highest BCUT2D eigenvalue weighted by molar-refractivity contribution is 7.47. The summed E-state index contributed by atoms with van der Waals surface area (Å²) >= 11 is 0. The summed E-state index contributed by atoms with van der Waals surface area (Å²) in [5.41, 5.74) is 0. The molecule has 0 heterocycles. The van der Waals surface area contributed by atoms with Crippen molar-refractivity contribution in [3.8, 4) is 0 Å². The van der Waals surface area contributed by atoms with Gasteiger partial charge in [0.15, 0.2) is 0 Å². The number of allylic oxidation sites excluding steroid dienone is 7. The number of hydrogen-bond donors (Lipinski definition) is 3. The van der Waals surface area contributed by atoms with Crippen LogP contribution >= 0.6 is 7.82 Å². The lowest BCUT2D eigenvalue weighted by Gasteiger charge is -2.25. The van der Waals surface area contributed by atoms with Gasteiger partial charge < -0.3 is 19.8 Å². The Morgan fingerprint density at radius 2 is 1.08 bits per heavy atom. The average Bonchev–Trinajstić information content (AvgIpc) is 3.10. The van der Waals surface area contributed by atoms with Crippen LogP contribution in [0.25, 0.3) is 0 Å². The minimum Gasteiger partial charge on any atom is -0.387 e. The van der Waals surface area contributed by atoms with Crippen molar-refractivity contribution in [2.24, 2.45) is 0 Å². The van der Waals surface area contributed by atoms with Gasteiger partial charge in [0.25, 0.3) is 0 Å². The smallest absolute Gasteiger partial charge is 0.387 e. The molecule has 0 aromatic rings. The highest BCUT2D eigenvalue weighted by Gasteiger charge is 2.27. The molecule has 0 aliphatic heterocycles. The van der Waals surface area contributed by atoms with Crippen LogP contribution < -0.4 is 5.32 Å². The molecule has 1 amide bonds. The lowest BCUT2D eigenvalue weighted by Crippen LogP contribution is -2.45. The van der Waals surface area contributed by atoms with Crippen molar-refractivity contribution in [1.82, 2.24) is 5.32 Å². The van der Waals surface area contributed by atoms with Crippen LogP contribution in [0.3, 0.4) is 0 Å². The van der Waals surface area contributed by atoms with E-state index in [9.17, 15) is 19.4 Å². The Morgan fingerprint density at radius 3 is 1.58 bits per heavy atom. The van der Waals surface area contributed by atoms with E-state index in [4.69, 9.17) is 9.05 Å². The Morgan fingerprint density at radius 1 is 0.623 bits per heavy atom. The molecule has 8 nitrogen and oxygen atoms in total. The first-order valence-electron chi connectivity index (χ1n) is 21.5. The van der Waals surface area contributed by atoms with Crippen molar-refractivity contribution in [2.45, 2.75) is 187 Å². The topological polar surface area (TPSA) is 105 Å². The zero-order valence-electron chi connectivity index (χ0n) is 35.0. The van der Waals surface area contributed by atoms with Gasteiger partial charge in [-0.15, -0.1) is 0 Å². The minimum absolute atomic E-state index is 0.0514. The van der Waals surface area contributed by atoms with Crippen LogP contribution in [0.2, 0.25) is 0 Å². The molecule has 0 saturated carbocycles. The maximum Gasteiger partial charge on any atom is 0.472 e. The van der Waals surface area contributed by atoms with Crippen molar-refractivity contribution in [3.63, 3.8) is 0 Å². The zero-order chi connectivity index (χ0) is 39.3. The third kappa shape index (κ3) is 38.5. The van der Waals surface area contributed by atoms with E-state index in [2.05, 4.69) is 55.6 Å². The van der Waals surface area contributed by atoms with Crippen molar-refractivity contribution in [2.75, 3.05) is 40.9 Å². The second-order valence-corrected chi connectivity index (χ2v) is 17.1. The Bertz CT molecular complexity index is 1010. The fraction of sp³-hybridized carbons (Fsp3) is 0.795. The quantitative estimate of drug-likeness (QED) is 0.0250. The first-order chi connectivity index (χ1) is 25.5. The summed E-state index contributed by atoms with van der Waals surface area (Å²) in [5, 5.41) is 13.7. The summed E-state index contributed by atoms with van der Waals surface area (Å²) < 4.78 is 23.5. The van der Waals surface area contributed by atoms with Gasteiger partial charge in [0.1, 0.15) is 13.2 Å². The molecule has 0 spiro atoms. The molecule has 0 fully saturated rings. The van der Waals surface area contributed by atoms with Gasteiger partial charge in [-0.3, -0.25) is 13.8 Å². The highest BCUT2D eigenvalue weighted by Crippen LogP contribution is 2.43. The lowest BCUT2D eigenvalue weighted by molar-refractivity contribution is -0.870. The summed E-state index contributed by atoms with van der Waals surface area (Å²) in [6.07, 6.45) is 44.7. The van der Waals surface area contributed by atoms with E-state index in [1.54, 1.807) is 6.08 Å². The van der Waals surface area contributed by atoms with E-state index in [0.29, 0.717) is 17.4 Å². The largest absolute Gasteiger partial charge is 0.472 e. The van der Waals surface area contributed by atoms with Crippen molar-refractivity contribution < 1.29 is 32.9 Å². The van der Waals surface area contributed by atoms with Crippen molar-refractivity contribution in [1.29, 1.82) is 0 Å². The first kappa shape index (κ1) is 51.5. The van der Waals surface area contributed by atoms with Crippen LogP contribution in [-0.4, -0.2) is 73.4 Å². The van der Waals surface area contributed by atoms with E-state index in [1.807, 2.05) is 27.2 Å². The third-order valence-corrected chi connectivity index (χ3v) is 10.2. The molecule has 0 aromatic carbocycles. The second kappa shape index (κ2) is 36.1. The number of phosphoric acid groups is 1. The number of aliphatic hydroxyl groups excluding tert-OH is 1. The van der Waals surface area contributed by atoms with E-state index in [-0.39, 0.29) is 19.1 Å². The van der Waals surface area contributed by atoms with Crippen molar-refractivity contribution >= 4 is 13.7 Å². The number of aliphatic hydroxyl groups is 1. The zero-order valence-corrected chi connectivity index (χ0v) is 35.9. The maximum atomic E-state index is 12.8. The molecule has 3 unspecified atom stereocenters. The fourth-order valence-corrected chi connectivity index (χ4v) is 6.52. The molecule has 3 atom stereocenters. The number of carbonyl (C=O) groups excluding carboxylic acids is 1. The molecule has 0 aliphatic rings. The van der Waals surface area contributed by atoms with E-state index in [0.717, 1.165) is 51.4 Å². The van der Waals surface area contributed by atoms with Gasteiger partial charge in [-0.25, -0.2) is 4.57 Å². The third-order valence-electron chi connectivity index (χ3n) is 9.23.